The molecule has 2 aromatic carbocycles. The van der Waals surface area contributed by atoms with Gasteiger partial charge in [-0.05, 0) is 63.2 Å². The lowest BCUT2D eigenvalue weighted by Crippen LogP contribution is -2.41. The average molecular weight is 621 g/mol. The lowest BCUT2D eigenvalue weighted by Gasteiger charge is -2.33. The summed E-state index contributed by atoms with van der Waals surface area (Å²) in [4.78, 5) is 36.3. The van der Waals surface area contributed by atoms with Gasteiger partial charge < -0.3 is 15.5 Å². The Labute approximate surface area is 263 Å². The molecule has 2 N–H and O–H groups in total. The number of nitrogens with zero attached hydrogens (tertiary/aromatic N) is 6. The fourth-order valence-corrected chi connectivity index (χ4v) is 7.20. The van der Waals surface area contributed by atoms with Crippen molar-refractivity contribution >= 4 is 51.0 Å². The first-order valence-electron chi connectivity index (χ1n) is 14.7. The number of aryl methyl sites for hydroxylation is 1. The standard InChI is InChI=1S/C33H32N8OS2/c1-21-29(38-31(44-21)22-6-4-3-5-7-22)27-18-23-19-36-33(39-30(23)41(32(27)42)20-28-35-16-17-43-28)37-24-8-10-25(11-9-24)40(2)26-12-14-34-15-13-26/h3-11,16-19,26,34H,12-15,20H2,1-2H3,(H,36,37,39). The first-order chi connectivity index (χ1) is 21.5. The van der Waals surface area contributed by atoms with Crippen LogP contribution in [0.3, 0.4) is 0 Å². The van der Waals surface area contributed by atoms with Crippen molar-refractivity contribution in [3.63, 3.8) is 0 Å². The van der Waals surface area contributed by atoms with Gasteiger partial charge in [0.2, 0.25) is 5.95 Å². The van der Waals surface area contributed by atoms with E-state index in [0.717, 1.165) is 57.5 Å². The predicted molar refractivity (Wildman–Crippen MR) is 180 cm³/mol. The summed E-state index contributed by atoms with van der Waals surface area (Å²) < 4.78 is 1.69. The van der Waals surface area contributed by atoms with E-state index in [1.165, 1.54) is 17.0 Å². The Hall–Kier alpha value is -4.45. The van der Waals surface area contributed by atoms with Gasteiger partial charge in [-0.15, -0.1) is 22.7 Å². The van der Waals surface area contributed by atoms with Crippen molar-refractivity contribution in [1.29, 1.82) is 0 Å². The quantitative estimate of drug-likeness (QED) is 0.204. The molecule has 0 amide bonds. The molecular formula is C33H32N8OS2. The third-order valence-electron chi connectivity index (χ3n) is 8.06. The van der Waals surface area contributed by atoms with Crippen LogP contribution in [0.2, 0.25) is 0 Å². The van der Waals surface area contributed by atoms with Gasteiger partial charge in [0.05, 0.1) is 17.8 Å². The van der Waals surface area contributed by atoms with Crippen molar-refractivity contribution in [3.8, 4) is 21.8 Å². The van der Waals surface area contributed by atoms with Crippen LogP contribution in [0.4, 0.5) is 17.3 Å². The molecule has 4 aromatic heterocycles. The van der Waals surface area contributed by atoms with E-state index in [4.69, 9.17) is 9.97 Å². The Morgan fingerprint density at radius 2 is 1.84 bits per heavy atom. The third-order valence-corrected chi connectivity index (χ3v) is 9.85. The number of fused-ring (bicyclic) bond motifs is 1. The fourth-order valence-electron chi connectivity index (χ4n) is 5.67. The highest BCUT2D eigenvalue weighted by molar-refractivity contribution is 7.15. The summed E-state index contributed by atoms with van der Waals surface area (Å²) in [7, 11) is 2.16. The van der Waals surface area contributed by atoms with Gasteiger partial charge in [0.15, 0.2) is 0 Å². The van der Waals surface area contributed by atoms with Crippen molar-refractivity contribution in [2.24, 2.45) is 0 Å². The van der Waals surface area contributed by atoms with Crippen LogP contribution >= 0.6 is 22.7 Å². The maximum Gasteiger partial charge on any atom is 0.262 e. The molecule has 0 saturated carbocycles. The number of benzene rings is 2. The number of rotatable bonds is 8. The maximum atomic E-state index is 14.1. The second kappa shape index (κ2) is 12.3. The highest BCUT2D eigenvalue weighted by atomic mass is 32.1. The Balaban J connectivity index is 1.23. The summed E-state index contributed by atoms with van der Waals surface area (Å²) in [5.74, 6) is 0.424. The molecule has 1 aliphatic rings. The molecular weight excluding hydrogens is 589 g/mol. The Kier molecular flexibility index (Phi) is 7.90. The van der Waals surface area contributed by atoms with Crippen molar-refractivity contribution in [2.45, 2.75) is 32.4 Å². The molecule has 0 radical (unpaired) electrons. The average Bonchev–Trinajstić information content (AvgIpc) is 3.73. The van der Waals surface area contributed by atoms with Crippen LogP contribution in [-0.4, -0.2) is 50.7 Å². The van der Waals surface area contributed by atoms with Gasteiger partial charge in [-0.3, -0.25) is 9.36 Å². The topological polar surface area (TPSA) is 101 Å². The largest absolute Gasteiger partial charge is 0.372 e. The molecule has 1 aliphatic heterocycles. The van der Waals surface area contributed by atoms with Crippen molar-refractivity contribution in [1.82, 2.24) is 29.8 Å². The highest BCUT2D eigenvalue weighted by Gasteiger charge is 2.20. The van der Waals surface area contributed by atoms with Crippen molar-refractivity contribution in [3.05, 3.63) is 98.7 Å². The van der Waals surface area contributed by atoms with Crippen molar-refractivity contribution < 1.29 is 0 Å². The summed E-state index contributed by atoms with van der Waals surface area (Å²) >= 11 is 3.10. The Morgan fingerprint density at radius 1 is 1.05 bits per heavy atom. The second-order valence-electron chi connectivity index (χ2n) is 10.9. The van der Waals surface area contributed by atoms with Gasteiger partial charge in [-0.2, -0.15) is 4.98 Å². The summed E-state index contributed by atoms with van der Waals surface area (Å²) in [5, 5.41) is 11.1. The molecule has 0 aliphatic carbocycles. The van der Waals surface area contributed by atoms with E-state index >= 15 is 0 Å². The molecule has 11 heteroatoms. The van der Waals surface area contributed by atoms with Crippen LogP contribution in [0, 0.1) is 6.92 Å². The number of aromatic nitrogens is 5. The summed E-state index contributed by atoms with van der Waals surface area (Å²) in [6.07, 6.45) is 5.80. The SMILES string of the molecule is Cc1sc(-c2ccccc2)nc1-c1cc2cnc(Nc3ccc(N(C)C4CCNCC4)cc3)nc2n(Cc2nccs2)c1=O. The minimum absolute atomic E-state index is 0.157. The fraction of sp³-hybridized carbons (Fsp3) is 0.242. The first kappa shape index (κ1) is 28.3. The molecule has 222 valence electrons. The Morgan fingerprint density at radius 3 is 2.59 bits per heavy atom. The van der Waals surface area contributed by atoms with E-state index in [1.807, 2.05) is 60.8 Å². The van der Waals surface area contributed by atoms with Gasteiger partial charge in [0.25, 0.3) is 5.56 Å². The second-order valence-corrected chi connectivity index (χ2v) is 13.1. The molecule has 1 saturated heterocycles. The van der Waals surface area contributed by atoms with E-state index in [9.17, 15) is 4.79 Å². The summed E-state index contributed by atoms with van der Waals surface area (Å²) in [6, 6.07) is 20.8. The van der Waals surface area contributed by atoms with Crippen LogP contribution in [-0.2, 0) is 6.54 Å². The molecule has 6 aromatic rings. The van der Waals surface area contributed by atoms with E-state index in [-0.39, 0.29) is 5.56 Å². The van der Waals surface area contributed by atoms with Crippen LogP contribution in [0.25, 0.3) is 32.9 Å². The Bertz CT molecular complexity index is 1950. The van der Waals surface area contributed by atoms with E-state index < -0.39 is 0 Å². The molecule has 5 heterocycles. The maximum absolute atomic E-state index is 14.1. The number of anilines is 3. The third kappa shape index (κ3) is 5.73. The summed E-state index contributed by atoms with van der Waals surface area (Å²) in [6.45, 7) is 4.43. The van der Waals surface area contributed by atoms with Crippen LogP contribution in [0.5, 0.6) is 0 Å². The number of hydrogen-bond acceptors (Lipinski definition) is 10. The number of thiazole rings is 2. The lowest BCUT2D eigenvalue weighted by molar-refractivity contribution is 0.443. The van der Waals surface area contributed by atoms with Gasteiger partial charge in [-0.25, -0.2) is 15.0 Å². The molecule has 1 fully saturated rings. The van der Waals surface area contributed by atoms with Crippen LogP contribution < -0.4 is 21.1 Å². The smallest absolute Gasteiger partial charge is 0.262 e. The lowest BCUT2D eigenvalue weighted by atomic mass is 10.0. The number of pyridine rings is 1. The van der Waals surface area contributed by atoms with Crippen molar-refractivity contribution in [2.75, 3.05) is 30.4 Å². The molecule has 7 rings (SSSR count). The summed E-state index contributed by atoms with van der Waals surface area (Å²) in [5.41, 5.74) is 4.69. The normalized spacial score (nSPS) is 13.8. The molecule has 0 atom stereocenters. The number of hydrogen-bond donors (Lipinski definition) is 2. The van der Waals surface area contributed by atoms with E-state index in [2.05, 4.69) is 44.7 Å². The minimum atomic E-state index is -0.157. The zero-order chi connectivity index (χ0) is 30.0. The zero-order valence-corrected chi connectivity index (χ0v) is 26.2. The molecule has 44 heavy (non-hydrogen) atoms. The molecule has 0 bridgehead atoms. The van der Waals surface area contributed by atoms with Crippen LogP contribution in [0.15, 0.2) is 83.2 Å². The molecule has 9 nitrogen and oxygen atoms in total. The minimum Gasteiger partial charge on any atom is -0.372 e. The van der Waals surface area contributed by atoms with Gasteiger partial charge in [0, 0.05) is 58.1 Å². The van der Waals surface area contributed by atoms with Gasteiger partial charge in [-0.1, -0.05) is 30.3 Å². The molecule has 0 unspecified atom stereocenters. The van der Waals surface area contributed by atoms with Gasteiger partial charge in [0.1, 0.15) is 15.7 Å². The predicted octanol–water partition coefficient (Wildman–Crippen LogP) is 6.33. The van der Waals surface area contributed by atoms with Gasteiger partial charge >= 0.3 is 0 Å². The number of piperidine rings is 1. The molecule has 0 spiro atoms. The van der Waals surface area contributed by atoms with Crippen LogP contribution in [0.1, 0.15) is 22.7 Å². The van der Waals surface area contributed by atoms with E-state index in [0.29, 0.717) is 35.4 Å². The zero-order valence-electron chi connectivity index (χ0n) is 24.5. The monoisotopic (exact) mass is 620 g/mol. The van der Waals surface area contributed by atoms with E-state index in [1.54, 1.807) is 28.3 Å². The highest BCUT2D eigenvalue weighted by Crippen LogP contribution is 2.33. The first-order valence-corrected chi connectivity index (χ1v) is 16.4. The number of nitrogens with one attached hydrogen (secondary N) is 2.